The van der Waals surface area contributed by atoms with Gasteiger partial charge in [-0.15, -0.1) is 11.3 Å². The first-order chi connectivity index (χ1) is 12.1. The molecule has 130 valence electrons. The summed E-state index contributed by atoms with van der Waals surface area (Å²) in [5, 5.41) is 4.02. The normalized spacial score (nSPS) is 11.8. The van der Waals surface area contributed by atoms with Gasteiger partial charge in [0.05, 0.1) is 19.4 Å². The minimum Gasteiger partial charge on any atom is -0.399 e. The first-order valence-corrected chi connectivity index (χ1v) is 8.47. The van der Waals surface area contributed by atoms with E-state index in [1.54, 1.807) is 11.3 Å². The SMILES string of the molecule is NC/C(=C/F)Cn1ncn(Cc2ccc(-c3ccc(N)cc3)s2)c1=O. The Morgan fingerprint density at radius 1 is 1.24 bits per heavy atom. The number of nitrogen functional groups attached to an aromatic ring is 1. The Kier molecular flexibility index (Phi) is 5.11. The lowest BCUT2D eigenvalue weighted by Crippen LogP contribution is -2.26. The van der Waals surface area contributed by atoms with Crippen molar-refractivity contribution in [2.24, 2.45) is 5.73 Å². The second-order valence-electron chi connectivity index (χ2n) is 5.56. The molecule has 25 heavy (non-hydrogen) atoms. The molecule has 0 saturated carbocycles. The van der Waals surface area contributed by atoms with Gasteiger partial charge >= 0.3 is 5.69 Å². The monoisotopic (exact) mass is 359 g/mol. The van der Waals surface area contributed by atoms with Gasteiger partial charge < -0.3 is 11.5 Å². The van der Waals surface area contributed by atoms with Gasteiger partial charge in [-0.25, -0.2) is 13.9 Å². The third-order valence-electron chi connectivity index (χ3n) is 3.75. The van der Waals surface area contributed by atoms with E-state index in [0.717, 1.165) is 21.0 Å². The van der Waals surface area contributed by atoms with E-state index in [9.17, 15) is 9.18 Å². The number of nitrogens with zero attached hydrogens (tertiary/aromatic N) is 3. The molecule has 0 amide bonds. The minimum absolute atomic E-state index is 0.0473. The van der Waals surface area contributed by atoms with E-state index in [4.69, 9.17) is 11.5 Å². The second-order valence-corrected chi connectivity index (χ2v) is 6.73. The van der Waals surface area contributed by atoms with E-state index in [1.807, 2.05) is 36.4 Å². The highest BCUT2D eigenvalue weighted by Crippen LogP contribution is 2.28. The lowest BCUT2D eigenvalue weighted by atomic mass is 10.2. The van der Waals surface area contributed by atoms with Gasteiger partial charge in [-0.3, -0.25) is 4.57 Å². The minimum atomic E-state index is -0.296. The van der Waals surface area contributed by atoms with Gasteiger partial charge in [0.15, 0.2) is 0 Å². The Morgan fingerprint density at radius 3 is 2.68 bits per heavy atom. The largest absolute Gasteiger partial charge is 0.399 e. The summed E-state index contributed by atoms with van der Waals surface area (Å²) < 4.78 is 15.3. The van der Waals surface area contributed by atoms with Gasteiger partial charge in [0.1, 0.15) is 6.33 Å². The zero-order valence-electron chi connectivity index (χ0n) is 13.4. The fraction of sp³-hybridized carbons (Fsp3) is 0.176. The van der Waals surface area contributed by atoms with E-state index in [0.29, 0.717) is 18.4 Å². The maximum absolute atomic E-state index is 12.6. The summed E-state index contributed by atoms with van der Waals surface area (Å²) in [5.74, 6) is 0. The van der Waals surface area contributed by atoms with Gasteiger partial charge in [0.25, 0.3) is 0 Å². The molecule has 1 aromatic carbocycles. The summed E-state index contributed by atoms with van der Waals surface area (Å²) in [5.41, 5.74) is 12.9. The van der Waals surface area contributed by atoms with Crippen LogP contribution < -0.4 is 17.2 Å². The Bertz CT molecular complexity index is 939. The van der Waals surface area contributed by atoms with Crippen molar-refractivity contribution in [3.8, 4) is 10.4 Å². The predicted octanol–water partition coefficient (Wildman–Crippen LogP) is 2.22. The molecule has 2 aromatic heterocycles. The molecule has 8 heteroatoms. The van der Waals surface area contributed by atoms with Crippen LogP contribution in [0.4, 0.5) is 10.1 Å². The lowest BCUT2D eigenvalue weighted by Gasteiger charge is -2.01. The first-order valence-electron chi connectivity index (χ1n) is 7.65. The molecule has 4 N–H and O–H groups in total. The summed E-state index contributed by atoms with van der Waals surface area (Å²) in [6, 6.07) is 11.6. The number of hydrogen-bond donors (Lipinski definition) is 2. The Morgan fingerprint density at radius 2 is 2.00 bits per heavy atom. The highest BCUT2D eigenvalue weighted by molar-refractivity contribution is 7.15. The molecular formula is C17H18FN5OS. The van der Waals surface area contributed by atoms with E-state index >= 15 is 0 Å². The third kappa shape index (κ3) is 3.86. The van der Waals surface area contributed by atoms with Crippen LogP contribution in [-0.2, 0) is 13.1 Å². The molecule has 0 aliphatic heterocycles. The quantitative estimate of drug-likeness (QED) is 0.660. The van der Waals surface area contributed by atoms with Crippen LogP contribution in [0.1, 0.15) is 4.88 Å². The lowest BCUT2D eigenvalue weighted by molar-refractivity contribution is 0.604. The molecule has 3 aromatic rings. The van der Waals surface area contributed by atoms with E-state index in [1.165, 1.54) is 15.6 Å². The molecule has 0 saturated heterocycles. The fourth-order valence-electron chi connectivity index (χ4n) is 2.36. The van der Waals surface area contributed by atoms with Gasteiger partial charge in [-0.1, -0.05) is 12.1 Å². The predicted molar refractivity (Wildman–Crippen MR) is 98.0 cm³/mol. The maximum Gasteiger partial charge on any atom is 0.346 e. The van der Waals surface area contributed by atoms with Crippen LogP contribution in [0.15, 0.2) is 59.4 Å². The molecule has 0 aliphatic rings. The van der Waals surface area contributed by atoms with Crippen LogP contribution in [-0.4, -0.2) is 20.9 Å². The number of halogens is 1. The second kappa shape index (κ2) is 7.45. The van der Waals surface area contributed by atoms with Crippen LogP contribution >= 0.6 is 11.3 Å². The number of rotatable bonds is 6. The van der Waals surface area contributed by atoms with Gasteiger partial charge in [0.2, 0.25) is 0 Å². The van der Waals surface area contributed by atoms with Gasteiger partial charge in [-0.2, -0.15) is 5.10 Å². The zero-order chi connectivity index (χ0) is 17.8. The van der Waals surface area contributed by atoms with Gasteiger partial charge in [0, 0.05) is 22.0 Å². The van der Waals surface area contributed by atoms with E-state index in [-0.39, 0.29) is 18.8 Å². The number of nitrogens with two attached hydrogens (primary N) is 2. The maximum atomic E-state index is 12.6. The summed E-state index contributed by atoms with van der Waals surface area (Å²) in [4.78, 5) is 14.4. The Labute approximate surface area is 147 Å². The van der Waals surface area contributed by atoms with Crippen molar-refractivity contribution in [1.82, 2.24) is 14.3 Å². The first kappa shape index (κ1) is 17.1. The van der Waals surface area contributed by atoms with Crippen LogP contribution in [0.25, 0.3) is 10.4 Å². The molecular weight excluding hydrogens is 341 g/mol. The number of aromatic nitrogens is 3. The average Bonchev–Trinajstić information content (AvgIpc) is 3.22. The number of thiophene rings is 1. The molecule has 2 heterocycles. The van der Waals surface area contributed by atoms with E-state index in [2.05, 4.69) is 5.10 Å². The topological polar surface area (TPSA) is 91.9 Å². The van der Waals surface area contributed by atoms with Crippen LogP contribution in [0, 0.1) is 0 Å². The van der Waals surface area contributed by atoms with E-state index < -0.39 is 0 Å². The van der Waals surface area contributed by atoms with Crippen LogP contribution in [0.3, 0.4) is 0 Å². The van der Waals surface area contributed by atoms with Crippen molar-refractivity contribution in [3.63, 3.8) is 0 Å². The Hall–Kier alpha value is -2.71. The number of benzene rings is 1. The molecule has 0 radical (unpaired) electrons. The molecule has 0 fully saturated rings. The van der Waals surface area contributed by atoms with Gasteiger partial charge in [-0.05, 0) is 35.4 Å². The highest BCUT2D eigenvalue weighted by atomic mass is 32.1. The smallest absolute Gasteiger partial charge is 0.346 e. The number of anilines is 1. The van der Waals surface area contributed by atoms with Crippen LogP contribution in [0.2, 0.25) is 0 Å². The van der Waals surface area contributed by atoms with Crippen molar-refractivity contribution < 1.29 is 4.39 Å². The molecule has 6 nitrogen and oxygen atoms in total. The molecule has 0 spiro atoms. The van der Waals surface area contributed by atoms with Crippen molar-refractivity contribution in [2.45, 2.75) is 13.1 Å². The molecule has 3 rings (SSSR count). The summed E-state index contributed by atoms with van der Waals surface area (Å²) >= 11 is 1.60. The molecule has 0 unspecified atom stereocenters. The highest BCUT2D eigenvalue weighted by Gasteiger charge is 2.09. The molecule has 0 bridgehead atoms. The van der Waals surface area contributed by atoms with Crippen molar-refractivity contribution >= 4 is 17.0 Å². The zero-order valence-corrected chi connectivity index (χ0v) is 14.2. The summed E-state index contributed by atoms with van der Waals surface area (Å²) in [6.07, 6.45) is 1.88. The van der Waals surface area contributed by atoms with Crippen molar-refractivity contribution in [2.75, 3.05) is 12.3 Å². The standard InChI is InChI=1S/C17H18FN5OS/c18-7-12(8-19)9-23-17(24)22(11-21-23)10-15-5-6-16(25-15)13-1-3-14(20)4-2-13/h1-7,11H,8-10,19-20H2/b12-7-. The van der Waals surface area contributed by atoms with Crippen molar-refractivity contribution in [1.29, 1.82) is 0 Å². The molecule has 0 atom stereocenters. The molecule has 0 aliphatic carbocycles. The van der Waals surface area contributed by atoms with Crippen molar-refractivity contribution in [3.05, 3.63) is 70.0 Å². The number of hydrogen-bond acceptors (Lipinski definition) is 5. The summed E-state index contributed by atoms with van der Waals surface area (Å²) in [6.45, 7) is 0.515. The third-order valence-corrected chi connectivity index (χ3v) is 4.87. The average molecular weight is 359 g/mol. The summed E-state index contributed by atoms with van der Waals surface area (Å²) in [7, 11) is 0. The van der Waals surface area contributed by atoms with Crippen LogP contribution in [0.5, 0.6) is 0 Å². The Balaban J connectivity index is 1.76. The fourth-order valence-corrected chi connectivity index (χ4v) is 3.37.